The van der Waals surface area contributed by atoms with Crippen LogP contribution in [-0.4, -0.2) is 50.0 Å². The third-order valence-electron chi connectivity index (χ3n) is 4.32. The molecule has 0 aromatic heterocycles. The first-order valence-electron chi connectivity index (χ1n) is 10.3. The summed E-state index contributed by atoms with van der Waals surface area (Å²) in [7, 11) is 2.80. The summed E-state index contributed by atoms with van der Waals surface area (Å²) in [5.41, 5.74) is 1.38. The molecule has 0 saturated heterocycles. The number of phenols is 2. The van der Waals surface area contributed by atoms with Crippen LogP contribution in [0.3, 0.4) is 0 Å². The van der Waals surface area contributed by atoms with E-state index in [2.05, 4.69) is 9.98 Å². The lowest BCUT2D eigenvalue weighted by Gasteiger charge is -2.19. The molecule has 0 amide bonds. The second kappa shape index (κ2) is 15.2. The van der Waals surface area contributed by atoms with Crippen molar-refractivity contribution in [3.05, 3.63) is 86.9 Å². The molecule has 36 heavy (non-hydrogen) atoms. The molecule has 0 heterocycles. The molecule has 3 rings (SSSR count). The van der Waals surface area contributed by atoms with Crippen LogP contribution in [-0.2, 0) is 20.9 Å². The maximum atomic E-state index is 9.54. The standard InChI is InChI=1S/C16H16N2O2.C8H8Cl3O3PS/c19-15-7-3-1-5-13(15)11-17-9-10-18-12-14-6-2-4-8-16(14)20;1-12-15(16,13-2)14-8-4-6(10)5(9)3-7(8)11/h1-8,11-12,19-20H,9-10H2;3-4H,1-2H3/b17-11+,18-12+;. The van der Waals surface area contributed by atoms with Crippen LogP contribution >= 0.6 is 41.5 Å². The Bertz CT molecular complexity index is 1200. The Morgan fingerprint density at radius 1 is 0.778 bits per heavy atom. The Hall–Kier alpha value is -2.16. The summed E-state index contributed by atoms with van der Waals surface area (Å²) in [6, 6.07) is 17.0. The largest absolute Gasteiger partial charge is 0.507 e. The molecule has 0 aliphatic carbocycles. The summed E-state index contributed by atoms with van der Waals surface area (Å²) in [6.07, 6.45) is 3.26. The first kappa shape index (κ1) is 30.1. The fourth-order valence-electron chi connectivity index (χ4n) is 2.48. The second-order valence-corrected chi connectivity index (χ2v) is 11.2. The average Bonchev–Trinajstić information content (AvgIpc) is 2.87. The molecule has 7 nitrogen and oxygen atoms in total. The molecule has 0 saturated carbocycles. The highest BCUT2D eigenvalue weighted by Gasteiger charge is 2.20. The van der Waals surface area contributed by atoms with Gasteiger partial charge in [-0.25, -0.2) is 0 Å². The van der Waals surface area contributed by atoms with Crippen molar-refractivity contribution in [2.24, 2.45) is 9.98 Å². The fraction of sp³-hybridized carbons (Fsp3) is 0.167. The predicted octanol–water partition coefficient (Wildman–Crippen LogP) is 7.18. The Morgan fingerprint density at radius 3 is 1.67 bits per heavy atom. The number of para-hydroxylation sites is 2. The molecule has 2 N–H and O–H groups in total. The van der Waals surface area contributed by atoms with E-state index < -0.39 is 6.72 Å². The predicted molar refractivity (Wildman–Crippen MR) is 152 cm³/mol. The van der Waals surface area contributed by atoms with Crippen LogP contribution in [0, 0.1) is 0 Å². The summed E-state index contributed by atoms with van der Waals surface area (Å²) in [5.74, 6) is 0.714. The minimum absolute atomic E-state index is 0.217. The maximum Gasteiger partial charge on any atom is 0.380 e. The molecule has 192 valence electrons. The third-order valence-corrected chi connectivity index (χ3v) is 7.77. The molecular weight excluding hydrogens is 566 g/mol. The van der Waals surface area contributed by atoms with Gasteiger partial charge in [0.2, 0.25) is 0 Å². The molecular formula is C24H24Cl3N2O5PS. The van der Waals surface area contributed by atoms with Gasteiger partial charge in [-0.05, 0) is 30.3 Å². The summed E-state index contributed by atoms with van der Waals surface area (Å²) >= 11 is 22.5. The van der Waals surface area contributed by atoms with E-state index in [4.69, 9.17) is 60.2 Å². The van der Waals surface area contributed by atoms with E-state index in [1.807, 2.05) is 12.1 Å². The minimum atomic E-state index is -2.82. The molecule has 0 spiro atoms. The van der Waals surface area contributed by atoms with Crippen molar-refractivity contribution in [1.29, 1.82) is 0 Å². The molecule has 12 heteroatoms. The SMILES string of the molecule is COP(=S)(OC)Oc1cc(Cl)c(Cl)cc1Cl.Oc1ccccc1/C=N/CC/N=C/c1ccccc1O. The molecule has 0 bridgehead atoms. The van der Waals surface area contributed by atoms with Crippen LogP contribution in [0.15, 0.2) is 70.6 Å². The smallest absolute Gasteiger partial charge is 0.380 e. The molecule has 3 aromatic rings. The van der Waals surface area contributed by atoms with Gasteiger partial charge in [0.15, 0.2) is 0 Å². The third kappa shape index (κ3) is 9.71. The monoisotopic (exact) mass is 588 g/mol. The van der Waals surface area contributed by atoms with Gasteiger partial charge < -0.3 is 23.8 Å². The molecule has 0 unspecified atom stereocenters. The minimum Gasteiger partial charge on any atom is -0.507 e. The zero-order valence-corrected chi connectivity index (χ0v) is 23.3. The molecule has 3 aromatic carbocycles. The normalized spacial score (nSPS) is 11.5. The van der Waals surface area contributed by atoms with E-state index in [0.717, 1.165) is 0 Å². The maximum absolute atomic E-state index is 9.54. The summed E-state index contributed by atoms with van der Waals surface area (Å²) in [5, 5.41) is 20.0. The number of rotatable bonds is 9. The number of hydrogen-bond acceptors (Lipinski definition) is 8. The molecule has 0 atom stereocenters. The van der Waals surface area contributed by atoms with Crippen LogP contribution in [0.1, 0.15) is 11.1 Å². The van der Waals surface area contributed by atoms with Gasteiger partial charge in [-0.15, -0.1) is 0 Å². The van der Waals surface area contributed by atoms with Crippen molar-refractivity contribution >= 4 is 65.8 Å². The first-order valence-corrected chi connectivity index (χ1v) is 14.0. The van der Waals surface area contributed by atoms with Crippen molar-refractivity contribution in [3.63, 3.8) is 0 Å². The van der Waals surface area contributed by atoms with Crippen molar-refractivity contribution < 1.29 is 23.8 Å². The van der Waals surface area contributed by atoms with Gasteiger partial charge in [0.05, 0.1) is 28.2 Å². The quantitative estimate of drug-likeness (QED) is 0.119. The van der Waals surface area contributed by atoms with Gasteiger partial charge in [0.1, 0.15) is 17.2 Å². The number of phenolic OH excluding ortho intramolecular Hbond substituents is 2. The van der Waals surface area contributed by atoms with Crippen molar-refractivity contribution in [2.75, 3.05) is 27.3 Å². The van der Waals surface area contributed by atoms with Gasteiger partial charge in [-0.3, -0.25) is 9.98 Å². The highest BCUT2D eigenvalue weighted by atomic mass is 35.5. The Labute approximate surface area is 230 Å². The lowest BCUT2D eigenvalue weighted by atomic mass is 10.2. The molecule has 0 fully saturated rings. The second-order valence-electron chi connectivity index (χ2n) is 6.79. The van der Waals surface area contributed by atoms with E-state index in [9.17, 15) is 10.2 Å². The van der Waals surface area contributed by atoms with E-state index in [0.29, 0.717) is 34.3 Å². The number of aliphatic imine (C=N–C) groups is 2. The fourth-order valence-corrected chi connectivity index (χ4v) is 4.04. The Kier molecular flexibility index (Phi) is 12.7. The zero-order chi connectivity index (χ0) is 26.6. The van der Waals surface area contributed by atoms with E-state index in [-0.39, 0.29) is 22.3 Å². The number of nitrogens with zero attached hydrogens (tertiary/aromatic N) is 2. The number of hydrogen-bond donors (Lipinski definition) is 2. The van der Waals surface area contributed by atoms with Crippen molar-refractivity contribution in [3.8, 4) is 17.2 Å². The number of benzene rings is 3. The van der Waals surface area contributed by atoms with E-state index in [1.165, 1.54) is 26.4 Å². The zero-order valence-electron chi connectivity index (χ0n) is 19.3. The van der Waals surface area contributed by atoms with Gasteiger partial charge >= 0.3 is 6.72 Å². The van der Waals surface area contributed by atoms with E-state index >= 15 is 0 Å². The van der Waals surface area contributed by atoms with Crippen LogP contribution in [0.4, 0.5) is 0 Å². The van der Waals surface area contributed by atoms with Gasteiger partial charge in [-0.2, -0.15) is 0 Å². The van der Waals surface area contributed by atoms with Crippen molar-refractivity contribution in [2.45, 2.75) is 0 Å². The summed E-state index contributed by atoms with van der Waals surface area (Å²) in [4.78, 5) is 8.39. The van der Waals surface area contributed by atoms with Gasteiger partial charge in [-0.1, -0.05) is 59.1 Å². The summed E-state index contributed by atoms with van der Waals surface area (Å²) < 4.78 is 15.3. The van der Waals surface area contributed by atoms with Crippen LogP contribution in [0.2, 0.25) is 15.1 Å². The van der Waals surface area contributed by atoms with Crippen LogP contribution in [0.25, 0.3) is 0 Å². The topological polar surface area (TPSA) is 92.9 Å². The Balaban J connectivity index is 0.000000261. The summed E-state index contributed by atoms with van der Waals surface area (Å²) in [6.45, 7) is -1.77. The average molecular weight is 590 g/mol. The lowest BCUT2D eigenvalue weighted by molar-refractivity contribution is 0.273. The van der Waals surface area contributed by atoms with Crippen LogP contribution in [0.5, 0.6) is 17.2 Å². The van der Waals surface area contributed by atoms with Gasteiger partial charge in [0, 0.05) is 55.6 Å². The first-order chi connectivity index (χ1) is 17.2. The molecule has 0 aliphatic heterocycles. The van der Waals surface area contributed by atoms with Crippen LogP contribution < -0.4 is 4.52 Å². The molecule has 0 aliphatic rings. The highest BCUT2D eigenvalue weighted by Crippen LogP contribution is 2.50. The highest BCUT2D eigenvalue weighted by molar-refractivity contribution is 8.07. The number of halogens is 3. The lowest BCUT2D eigenvalue weighted by Crippen LogP contribution is -1.97. The number of aromatic hydroxyl groups is 2. The van der Waals surface area contributed by atoms with Gasteiger partial charge in [0.25, 0.3) is 0 Å². The van der Waals surface area contributed by atoms with E-state index in [1.54, 1.807) is 48.8 Å². The Morgan fingerprint density at radius 2 is 1.22 bits per heavy atom. The molecule has 0 radical (unpaired) electrons. The van der Waals surface area contributed by atoms with Crippen molar-refractivity contribution in [1.82, 2.24) is 0 Å².